The maximum Gasteiger partial charge on any atom is 0.303 e. The minimum absolute atomic E-state index is 0.0267. The first-order chi connectivity index (χ1) is 38.4. The first-order valence-corrected chi connectivity index (χ1v) is 28.6. The second-order valence-electron chi connectivity index (χ2n) is 19.7. The summed E-state index contributed by atoms with van der Waals surface area (Å²) in [5, 5.41) is 58.4. The molecule has 80 heavy (non-hydrogen) atoms. The van der Waals surface area contributed by atoms with E-state index in [2.05, 4.69) is 26.6 Å². The lowest BCUT2D eigenvalue weighted by Crippen LogP contribution is -2.49. The topological polar surface area (TPSA) is 386 Å². The van der Waals surface area contributed by atoms with E-state index in [1.54, 1.807) is 0 Å². The average Bonchev–Trinajstić information content (AvgIpc) is 3.41. The van der Waals surface area contributed by atoms with E-state index in [0.717, 1.165) is 51.4 Å². The van der Waals surface area contributed by atoms with Gasteiger partial charge in [-0.3, -0.25) is 52.7 Å². The third-order valence-electron chi connectivity index (χ3n) is 12.9. The third kappa shape index (κ3) is 45.1. The Balaban J connectivity index is 4.34. The quantitative estimate of drug-likeness (QED) is 0.0389. The number of aliphatic carboxylic acids is 4. The van der Waals surface area contributed by atoms with Gasteiger partial charge in [0.2, 0.25) is 29.5 Å². The second-order valence-corrected chi connectivity index (χ2v) is 19.7. The number of carbonyl (C=O) groups is 11. The van der Waals surface area contributed by atoms with E-state index in [9.17, 15) is 63.0 Å². The van der Waals surface area contributed by atoms with Gasteiger partial charge in [0.15, 0.2) is 11.6 Å². The van der Waals surface area contributed by atoms with Gasteiger partial charge in [0, 0.05) is 70.0 Å². The van der Waals surface area contributed by atoms with Crippen LogP contribution in [0.4, 0.5) is 0 Å². The van der Waals surface area contributed by atoms with Gasteiger partial charge in [-0.05, 0) is 51.4 Å². The number of aliphatic hydroxyl groups excluding tert-OH is 1. The molecule has 5 amide bonds. The molecule has 0 saturated heterocycles. The van der Waals surface area contributed by atoms with Crippen molar-refractivity contribution in [1.29, 1.82) is 0 Å². The molecule has 460 valence electrons. The van der Waals surface area contributed by atoms with Crippen molar-refractivity contribution in [3.8, 4) is 0 Å². The normalized spacial score (nSPS) is 12.6. The summed E-state index contributed by atoms with van der Waals surface area (Å²) in [7, 11) is 0. The van der Waals surface area contributed by atoms with Gasteiger partial charge in [-0.15, -0.1) is 0 Å². The highest BCUT2D eigenvalue weighted by Gasteiger charge is 2.29. The zero-order valence-electron chi connectivity index (χ0n) is 47.2. The van der Waals surface area contributed by atoms with Crippen LogP contribution in [0.3, 0.4) is 0 Å². The number of carbonyl (C=O) groups excluding carboxylic acids is 7. The molecule has 0 spiro atoms. The Hall–Kier alpha value is -5.63. The molecule has 0 aliphatic carbocycles. The van der Waals surface area contributed by atoms with Crippen LogP contribution < -0.4 is 26.6 Å². The van der Waals surface area contributed by atoms with Gasteiger partial charge in [-0.2, -0.15) is 0 Å². The molecule has 0 fully saturated rings. The van der Waals surface area contributed by atoms with Crippen molar-refractivity contribution in [3.05, 3.63) is 0 Å². The van der Waals surface area contributed by atoms with Crippen LogP contribution in [-0.2, 0) is 71.7 Å². The molecule has 0 radical (unpaired) electrons. The van der Waals surface area contributed by atoms with Crippen LogP contribution in [0, 0.1) is 11.8 Å². The molecular weight excluding hydrogens is 1050 g/mol. The number of unbranched alkanes of at least 4 members (excludes halogenated alkanes) is 14. The second kappa shape index (κ2) is 50.3. The molecule has 0 heterocycles. The third-order valence-corrected chi connectivity index (χ3v) is 12.9. The Morgan fingerprint density at radius 3 is 1.32 bits per heavy atom. The molecule has 25 heteroatoms. The van der Waals surface area contributed by atoms with Crippen molar-refractivity contribution >= 4 is 65.0 Å². The number of carboxylic acids is 4. The molecule has 25 nitrogen and oxygen atoms in total. The van der Waals surface area contributed by atoms with Gasteiger partial charge < -0.3 is 71.1 Å². The standard InChI is InChI=1S/C55H95N5O20/c1-2-41(46(63)38-61)19-17-18-28-57-55(76)45(24-27-52(72)73)60-53(74)42(22-25-50(68)69)37-43(62)39-79-35-33-77-31-29-56-48(65)40-80-36-34-78-32-30-58-54(75)44(23-26-51(70)71)59-47(64)20-15-13-11-9-7-5-3-4-6-8-10-12-14-16-21-49(66)67/h41-42,44-45,61H,2-40H2,1H3,(H,56,65)(H,57,76)(H,58,75)(H,59,64)(H,60,74)(H,66,67)(H,68,69)(H,70,71)(H,72,73)/t41-,42+,44-,45-/m0/s1. The number of hydrogen-bond acceptors (Lipinski definition) is 16. The Labute approximate surface area is 470 Å². The van der Waals surface area contributed by atoms with Crippen molar-refractivity contribution in [1.82, 2.24) is 26.6 Å². The van der Waals surface area contributed by atoms with E-state index >= 15 is 0 Å². The van der Waals surface area contributed by atoms with E-state index in [0.29, 0.717) is 32.1 Å². The Kier molecular flexibility index (Phi) is 46.8. The van der Waals surface area contributed by atoms with Gasteiger partial charge in [0.25, 0.3) is 0 Å². The largest absolute Gasteiger partial charge is 0.481 e. The molecule has 10 N–H and O–H groups in total. The van der Waals surface area contributed by atoms with Crippen LogP contribution in [0.1, 0.15) is 180 Å². The molecule has 0 bridgehead atoms. The minimum Gasteiger partial charge on any atom is -0.481 e. The SMILES string of the molecule is CC[C@@H](CCCCNC(=O)[C@H](CCC(=O)O)NC(=O)[C@H](CCC(=O)O)CC(=O)COCCOCCNC(=O)COCCOCCNC(=O)[C@H](CCC(=O)O)NC(=O)CCCCCCCCCCCCCCCCC(=O)O)C(=O)CO. The zero-order valence-corrected chi connectivity index (χ0v) is 47.2. The molecule has 0 aliphatic heterocycles. The maximum atomic E-state index is 13.3. The van der Waals surface area contributed by atoms with Gasteiger partial charge in [-0.25, -0.2) is 0 Å². The van der Waals surface area contributed by atoms with Crippen molar-refractivity contribution in [2.45, 2.75) is 192 Å². The summed E-state index contributed by atoms with van der Waals surface area (Å²) in [5.74, 6) is -9.23. The number of Topliss-reactive ketones (excluding diaryl/α,β-unsaturated/α-hetero) is 2. The first kappa shape index (κ1) is 74.4. The zero-order chi connectivity index (χ0) is 59.6. The highest BCUT2D eigenvalue weighted by Crippen LogP contribution is 2.17. The molecule has 0 rings (SSSR count). The number of ketones is 2. The summed E-state index contributed by atoms with van der Waals surface area (Å²) < 4.78 is 21.5. The van der Waals surface area contributed by atoms with E-state index < -0.39 is 104 Å². The number of amides is 5. The van der Waals surface area contributed by atoms with Crippen LogP contribution in [-0.4, -0.2) is 182 Å². The lowest BCUT2D eigenvalue weighted by molar-refractivity contribution is -0.140. The summed E-state index contributed by atoms with van der Waals surface area (Å²) in [6, 6.07) is -2.29. The molecule has 0 aromatic heterocycles. The maximum absolute atomic E-state index is 13.3. The summed E-state index contributed by atoms with van der Waals surface area (Å²) >= 11 is 0. The molecule has 4 atom stereocenters. The molecule has 0 unspecified atom stereocenters. The highest BCUT2D eigenvalue weighted by molar-refractivity contribution is 5.92. The first-order valence-electron chi connectivity index (χ1n) is 28.6. The Morgan fingerprint density at radius 2 is 0.825 bits per heavy atom. The van der Waals surface area contributed by atoms with Crippen LogP contribution in [0.15, 0.2) is 0 Å². The molecule has 0 aliphatic rings. The summed E-state index contributed by atoms with van der Waals surface area (Å²) in [6.45, 7) is 1.38. The number of ether oxygens (including phenoxy) is 4. The van der Waals surface area contributed by atoms with Crippen LogP contribution in [0.2, 0.25) is 0 Å². The predicted molar refractivity (Wildman–Crippen MR) is 291 cm³/mol. The number of rotatable bonds is 57. The lowest BCUT2D eigenvalue weighted by atomic mass is 9.95. The van der Waals surface area contributed by atoms with Gasteiger partial charge in [0.1, 0.15) is 31.9 Å². The van der Waals surface area contributed by atoms with E-state index in [1.807, 2.05) is 6.92 Å². The van der Waals surface area contributed by atoms with Gasteiger partial charge in [-0.1, -0.05) is 90.4 Å². The van der Waals surface area contributed by atoms with E-state index in [4.69, 9.17) is 34.3 Å². The average molecular weight is 1150 g/mol. The van der Waals surface area contributed by atoms with Crippen molar-refractivity contribution < 1.29 is 97.2 Å². The molecule has 0 aromatic rings. The van der Waals surface area contributed by atoms with E-state index in [-0.39, 0.29) is 122 Å². The Bertz CT molecular complexity index is 1800. The fraction of sp³-hybridized carbons (Fsp3) is 0.800. The van der Waals surface area contributed by atoms with Crippen LogP contribution >= 0.6 is 0 Å². The lowest BCUT2D eigenvalue weighted by Gasteiger charge is -2.22. The van der Waals surface area contributed by atoms with Gasteiger partial charge in [0.05, 0.1) is 39.6 Å². The van der Waals surface area contributed by atoms with E-state index in [1.165, 1.54) is 32.1 Å². The van der Waals surface area contributed by atoms with Gasteiger partial charge >= 0.3 is 23.9 Å². The van der Waals surface area contributed by atoms with Crippen molar-refractivity contribution in [2.24, 2.45) is 11.8 Å². The smallest absolute Gasteiger partial charge is 0.303 e. The summed E-state index contributed by atoms with van der Waals surface area (Å²) in [4.78, 5) is 133. The number of hydrogen-bond donors (Lipinski definition) is 10. The number of nitrogens with one attached hydrogen (secondary N) is 5. The molecular formula is C55H95N5O20. The summed E-state index contributed by atoms with van der Waals surface area (Å²) in [5.41, 5.74) is 0. The van der Waals surface area contributed by atoms with Crippen molar-refractivity contribution in [2.75, 3.05) is 79.1 Å². The molecule has 0 saturated carbocycles. The fourth-order valence-corrected chi connectivity index (χ4v) is 8.32. The fourth-order valence-electron chi connectivity index (χ4n) is 8.32. The number of aliphatic hydroxyl groups is 1. The van der Waals surface area contributed by atoms with Crippen LogP contribution in [0.25, 0.3) is 0 Å². The highest BCUT2D eigenvalue weighted by atomic mass is 16.5. The van der Waals surface area contributed by atoms with Crippen LogP contribution in [0.5, 0.6) is 0 Å². The predicted octanol–water partition coefficient (Wildman–Crippen LogP) is 3.62. The monoisotopic (exact) mass is 1150 g/mol. The number of carboxylic acid groups (broad SMARTS) is 4. The summed E-state index contributed by atoms with van der Waals surface area (Å²) in [6.07, 6.45) is 15.1. The van der Waals surface area contributed by atoms with Crippen molar-refractivity contribution in [3.63, 3.8) is 0 Å². The Morgan fingerprint density at radius 1 is 0.388 bits per heavy atom. The minimum atomic E-state index is -1.28. The molecule has 0 aromatic carbocycles.